The number of aliphatic hydroxyl groups is 1. The van der Waals surface area contributed by atoms with Crippen LogP contribution in [0.1, 0.15) is 43.7 Å². The number of benzene rings is 1. The second-order valence-electron chi connectivity index (χ2n) is 6.17. The minimum absolute atomic E-state index is 0.0169. The summed E-state index contributed by atoms with van der Waals surface area (Å²) in [6, 6.07) is 8.47. The van der Waals surface area contributed by atoms with Crippen molar-refractivity contribution in [3.05, 3.63) is 53.6 Å². The molecule has 1 aliphatic rings. The van der Waals surface area contributed by atoms with Crippen molar-refractivity contribution in [1.29, 1.82) is 0 Å². The summed E-state index contributed by atoms with van der Waals surface area (Å²) in [6.45, 7) is 4.50. The summed E-state index contributed by atoms with van der Waals surface area (Å²) in [4.78, 5) is 11.9. The van der Waals surface area contributed by atoms with Crippen LogP contribution in [0.2, 0.25) is 0 Å². The summed E-state index contributed by atoms with van der Waals surface area (Å²) < 4.78 is 0. The summed E-state index contributed by atoms with van der Waals surface area (Å²) in [5.74, 6) is 0.731. The number of nitrogens with one attached hydrogen (secondary N) is 1. The first-order valence-electron chi connectivity index (χ1n) is 7.93. The normalized spacial score (nSPS) is 20.9. The smallest absolute Gasteiger partial charge is 0.224 e. The maximum atomic E-state index is 11.9. The number of aliphatic hydroxyl groups excluding tert-OH is 1. The van der Waals surface area contributed by atoms with E-state index >= 15 is 0 Å². The molecular formula is C19H25NO2. The van der Waals surface area contributed by atoms with Gasteiger partial charge in [0.05, 0.1) is 0 Å². The molecule has 0 saturated carbocycles. The Labute approximate surface area is 132 Å². The van der Waals surface area contributed by atoms with Gasteiger partial charge in [-0.15, -0.1) is 0 Å². The minimum atomic E-state index is 0.0169. The van der Waals surface area contributed by atoms with E-state index in [1.165, 1.54) is 5.56 Å². The average molecular weight is 299 g/mol. The molecule has 0 bridgehead atoms. The molecule has 1 amide bonds. The van der Waals surface area contributed by atoms with E-state index in [4.69, 9.17) is 5.11 Å². The van der Waals surface area contributed by atoms with Gasteiger partial charge in [0.1, 0.15) is 0 Å². The molecule has 0 unspecified atom stereocenters. The maximum Gasteiger partial charge on any atom is 0.224 e. The first-order chi connectivity index (χ1) is 10.6. The molecule has 2 rings (SSSR count). The third kappa shape index (κ3) is 4.85. The van der Waals surface area contributed by atoms with Gasteiger partial charge in [-0.3, -0.25) is 4.79 Å². The van der Waals surface area contributed by atoms with Crippen LogP contribution in [0.5, 0.6) is 0 Å². The van der Waals surface area contributed by atoms with Crippen LogP contribution in [0.15, 0.2) is 42.5 Å². The molecule has 2 atom stereocenters. The van der Waals surface area contributed by atoms with Crippen LogP contribution in [-0.4, -0.2) is 23.7 Å². The first kappa shape index (κ1) is 16.5. The molecule has 1 aromatic rings. The molecule has 1 aromatic carbocycles. The van der Waals surface area contributed by atoms with Crippen LogP contribution in [0.25, 0.3) is 6.08 Å². The monoisotopic (exact) mass is 299 g/mol. The van der Waals surface area contributed by atoms with Crippen LogP contribution < -0.4 is 5.32 Å². The number of hydrogen-bond acceptors (Lipinski definition) is 2. The highest BCUT2D eigenvalue weighted by atomic mass is 16.3. The molecular weight excluding hydrogens is 274 g/mol. The zero-order valence-corrected chi connectivity index (χ0v) is 13.3. The van der Waals surface area contributed by atoms with Gasteiger partial charge in [-0.05, 0) is 23.5 Å². The number of rotatable bonds is 6. The molecule has 3 heteroatoms. The van der Waals surface area contributed by atoms with Gasteiger partial charge >= 0.3 is 0 Å². The Balaban J connectivity index is 1.77. The molecule has 118 valence electrons. The third-order valence-electron chi connectivity index (χ3n) is 3.97. The number of amides is 1. The lowest BCUT2D eigenvalue weighted by molar-refractivity contribution is -0.120. The van der Waals surface area contributed by atoms with Gasteiger partial charge in [-0.2, -0.15) is 0 Å². The fourth-order valence-corrected chi connectivity index (χ4v) is 2.58. The second-order valence-corrected chi connectivity index (χ2v) is 6.17. The molecule has 0 radical (unpaired) electrons. The van der Waals surface area contributed by atoms with E-state index in [2.05, 4.69) is 43.4 Å². The number of hydrogen-bond donors (Lipinski definition) is 2. The van der Waals surface area contributed by atoms with Gasteiger partial charge < -0.3 is 10.4 Å². The Morgan fingerprint density at radius 3 is 2.64 bits per heavy atom. The fourth-order valence-electron chi connectivity index (χ4n) is 2.58. The number of carbonyl (C=O) groups is 1. The summed E-state index contributed by atoms with van der Waals surface area (Å²) in [7, 11) is 0. The Morgan fingerprint density at radius 2 is 2.05 bits per heavy atom. The summed E-state index contributed by atoms with van der Waals surface area (Å²) in [6.07, 6.45) is 8.97. The van der Waals surface area contributed by atoms with Gasteiger partial charge in [0.2, 0.25) is 5.91 Å². The van der Waals surface area contributed by atoms with Crippen molar-refractivity contribution in [1.82, 2.24) is 5.32 Å². The van der Waals surface area contributed by atoms with Crippen LogP contribution in [0.3, 0.4) is 0 Å². The number of carbonyl (C=O) groups excluding carboxylic acids is 1. The Hall–Kier alpha value is -1.87. The lowest BCUT2D eigenvalue weighted by atomic mass is 10.0. The predicted octanol–water partition coefficient (Wildman–Crippen LogP) is 3.27. The van der Waals surface area contributed by atoms with Gasteiger partial charge in [0.15, 0.2) is 0 Å². The van der Waals surface area contributed by atoms with Crippen LogP contribution in [-0.2, 0) is 4.79 Å². The second kappa shape index (κ2) is 7.95. The molecule has 22 heavy (non-hydrogen) atoms. The first-order valence-corrected chi connectivity index (χ1v) is 7.93. The van der Waals surface area contributed by atoms with Crippen LogP contribution in [0.4, 0.5) is 0 Å². The van der Waals surface area contributed by atoms with Crippen molar-refractivity contribution in [2.24, 2.45) is 5.92 Å². The van der Waals surface area contributed by atoms with Gasteiger partial charge in [0.25, 0.3) is 0 Å². The quantitative estimate of drug-likeness (QED) is 0.792. The Kier molecular flexibility index (Phi) is 5.96. The zero-order chi connectivity index (χ0) is 15.9. The molecule has 2 N–H and O–H groups in total. The molecule has 0 saturated heterocycles. The van der Waals surface area contributed by atoms with E-state index < -0.39 is 0 Å². The van der Waals surface area contributed by atoms with Gasteiger partial charge in [-0.1, -0.05) is 62.4 Å². The third-order valence-corrected chi connectivity index (χ3v) is 3.97. The molecule has 0 fully saturated rings. The molecule has 1 aliphatic carbocycles. The van der Waals surface area contributed by atoms with Crippen molar-refractivity contribution in [3.8, 4) is 0 Å². The summed E-state index contributed by atoms with van der Waals surface area (Å²) >= 11 is 0. The lowest BCUT2D eigenvalue weighted by Crippen LogP contribution is -2.32. The SMILES string of the molecule is CC(C)c1ccc(/C=C/CC(=O)N[C@@H]2C=C[C@H](CO)C2)cc1. The Morgan fingerprint density at radius 1 is 1.32 bits per heavy atom. The molecule has 3 nitrogen and oxygen atoms in total. The molecule has 0 aromatic heterocycles. The van der Waals surface area contributed by atoms with E-state index in [-0.39, 0.29) is 24.5 Å². The van der Waals surface area contributed by atoms with Crippen molar-refractivity contribution in [2.45, 2.75) is 38.6 Å². The van der Waals surface area contributed by atoms with E-state index in [1.54, 1.807) is 0 Å². The van der Waals surface area contributed by atoms with Crippen LogP contribution >= 0.6 is 0 Å². The molecule has 0 aliphatic heterocycles. The standard InChI is InChI=1S/C19H25NO2/c1-14(2)17-9-6-15(7-10-17)4-3-5-19(22)20-18-11-8-16(12-18)13-21/h3-4,6-11,14,16,18,21H,5,12-13H2,1-2H3,(H,20,22)/b4-3+/t16-,18+/m0/s1. The van der Waals surface area contributed by atoms with E-state index in [9.17, 15) is 4.79 Å². The maximum absolute atomic E-state index is 11.9. The topological polar surface area (TPSA) is 49.3 Å². The van der Waals surface area contributed by atoms with Crippen molar-refractivity contribution in [2.75, 3.05) is 6.61 Å². The van der Waals surface area contributed by atoms with E-state index in [0.717, 1.165) is 12.0 Å². The molecule has 0 heterocycles. The highest BCUT2D eigenvalue weighted by molar-refractivity contribution is 5.79. The minimum Gasteiger partial charge on any atom is -0.396 e. The van der Waals surface area contributed by atoms with Crippen LogP contribution in [0, 0.1) is 5.92 Å². The Bertz CT molecular complexity index is 543. The lowest BCUT2D eigenvalue weighted by Gasteiger charge is -2.11. The van der Waals surface area contributed by atoms with Gasteiger partial charge in [-0.25, -0.2) is 0 Å². The fraction of sp³-hybridized carbons (Fsp3) is 0.421. The zero-order valence-electron chi connectivity index (χ0n) is 13.3. The highest BCUT2D eigenvalue weighted by Crippen LogP contribution is 2.17. The van der Waals surface area contributed by atoms with Crippen molar-refractivity contribution >= 4 is 12.0 Å². The van der Waals surface area contributed by atoms with E-state index in [0.29, 0.717) is 12.3 Å². The summed E-state index contributed by atoms with van der Waals surface area (Å²) in [5, 5.41) is 12.0. The van der Waals surface area contributed by atoms with Crippen molar-refractivity contribution < 1.29 is 9.90 Å². The van der Waals surface area contributed by atoms with Gasteiger partial charge in [0, 0.05) is 25.0 Å². The largest absolute Gasteiger partial charge is 0.396 e. The predicted molar refractivity (Wildman–Crippen MR) is 90.4 cm³/mol. The highest BCUT2D eigenvalue weighted by Gasteiger charge is 2.18. The van der Waals surface area contributed by atoms with Crippen molar-refractivity contribution in [3.63, 3.8) is 0 Å². The van der Waals surface area contributed by atoms with E-state index in [1.807, 2.05) is 24.3 Å². The molecule has 0 spiro atoms. The average Bonchev–Trinajstić information content (AvgIpc) is 2.95. The summed E-state index contributed by atoms with van der Waals surface area (Å²) in [5.41, 5.74) is 2.43.